The monoisotopic (exact) mass is 331 g/mol. The summed E-state index contributed by atoms with van der Waals surface area (Å²) in [6.07, 6.45) is 0. The number of hydrogen-bond acceptors (Lipinski definition) is 5. The second-order valence-electron chi connectivity index (χ2n) is 5.67. The number of ether oxygens (including phenoxy) is 1. The SMILES string of the molecule is Cc1ccc(C(=O)NCc2nc(CN3CCOCC3)cs2)cc1. The molecule has 1 aliphatic heterocycles. The molecule has 1 fully saturated rings. The highest BCUT2D eigenvalue weighted by atomic mass is 32.1. The van der Waals surface area contributed by atoms with E-state index in [1.165, 1.54) is 0 Å². The summed E-state index contributed by atoms with van der Waals surface area (Å²) in [5.74, 6) is -0.0603. The number of aromatic nitrogens is 1. The number of carbonyl (C=O) groups excluding carboxylic acids is 1. The van der Waals surface area contributed by atoms with Crippen LogP contribution in [0.4, 0.5) is 0 Å². The van der Waals surface area contributed by atoms with E-state index >= 15 is 0 Å². The fraction of sp³-hybridized carbons (Fsp3) is 0.412. The van der Waals surface area contributed by atoms with E-state index in [2.05, 4.69) is 20.6 Å². The van der Waals surface area contributed by atoms with Crippen LogP contribution in [0.1, 0.15) is 26.6 Å². The van der Waals surface area contributed by atoms with Crippen molar-refractivity contribution < 1.29 is 9.53 Å². The van der Waals surface area contributed by atoms with E-state index in [-0.39, 0.29) is 5.91 Å². The molecule has 0 radical (unpaired) electrons. The molecule has 2 aromatic rings. The topological polar surface area (TPSA) is 54.5 Å². The molecule has 1 aliphatic rings. The van der Waals surface area contributed by atoms with E-state index in [0.29, 0.717) is 12.1 Å². The molecule has 0 bridgehead atoms. The van der Waals surface area contributed by atoms with Gasteiger partial charge >= 0.3 is 0 Å². The van der Waals surface area contributed by atoms with Gasteiger partial charge in [-0.05, 0) is 19.1 Å². The maximum Gasteiger partial charge on any atom is 0.251 e. The Balaban J connectivity index is 1.50. The van der Waals surface area contributed by atoms with Gasteiger partial charge in [0.1, 0.15) is 5.01 Å². The highest BCUT2D eigenvalue weighted by Crippen LogP contribution is 2.13. The Bertz CT molecular complexity index is 648. The number of hydrogen-bond donors (Lipinski definition) is 1. The van der Waals surface area contributed by atoms with Crippen LogP contribution in [0.3, 0.4) is 0 Å². The molecule has 1 amide bonds. The molecule has 3 rings (SSSR count). The number of rotatable bonds is 5. The number of morpholine rings is 1. The van der Waals surface area contributed by atoms with Crippen molar-refractivity contribution in [1.29, 1.82) is 0 Å². The number of nitrogens with zero attached hydrogens (tertiary/aromatic N) is 2. The standard InChI is InChI=1S/C17H21N3O2S/c1-13-2-4-14(5-3-13)17(21)18-10-16-19-15(12-23-16)11-20-6-8-22-9-7-20/h2-5,12H,6-11H2,1H3,(H,18,21). The van der Waals surface area contributed by atoms with Crippen molar-refractivity contribution in [3.05, 3.63) is 51.5 Å². The molecule has 0 aliphatic carbocycles. The van der Waals surface area contributed by atoms with Crippen molar-refractivity contribution in [2.24, 2.45) is 0 Å². The minimum Gasteiger partial charge on any atom is -0.379 e. The van der Waals surface area contributed by atoms with E-state index in [1.54, 1.807) is 11.3 Å². The summed E-state index contributed by atoms with van der Waals surface area (Å²) in [6, 6.07) is 7.57. The molecule has 1 aromatic heterocycles. The van der Waals surface area contributed by atoms with Crippen molar-refractivity contribution in [3.63, 3.8) is 0 Å². The van der Waals surface area contributed by atoms with Gasteiger partial charge in [0.2, 0.25) is 0 Å². The average Bonchev–Trinajstić information content (AvgIpc) is 3.02. The van der Waals surface area contributed by atoms with Crippen molar-refractivity contribution in [1.82, 2.24) is 15.2 Å². The zero-order chi connectivity index (χ0) is 16.1. The molecule has 0 saturated carbocycles. The Morgan fingerprint density at radius 2 is 2.04 bits per heavy atom. The summed E-state index contributed by atoms with van der Waals surface area (Å²) in [5, 5.41) is 5.94. The Morgan fingerprint density at radius 1 is 1.30 bits per heavy atom. The molecule has 1 aromatic carbocycles. The summed E-state index contributed by atoms with van der Waals surface area (Å²) in [6.45, 7) is 6.83. The first kappa shape index (κ1) is 16.1. The number of aryl methyl sites for hydroxylation is 1. The quantitative estimate of drug-likeness (QED) is 0.913. The normalized spacial score (nSPS) is 15.5. The molecular formula is C17H21N3O2S. The van der Waals surface area contributed by atoms with Crippen LogP contribution in [0.25, 0.3) is 0 Å². The van der Waals surface area contributed by atoms with Crippen LogP contribution in [0.5, 0.6) is 0 Å². The van der Waals surface area contributed by atoms with E-state index in [9.17, 15) is 4.79 Å². The van der Waals surface area contributed by atoms with Gasteiger partial charge in [0, 0.05) is 30.6 Å². The Hall–Kier alpha value is -1.76. The van der Waals surface area contributed by atoms with E-state index in [1.807, 2.05) is 31.2 Å². The van der Waals surface area contributed by atoms with E-state index in [0.717, 1.165) is 49.1 Å². The predicted molar refractivity (Wildman–Crippen MR) is 90.6 cm³/mol. The zero-order valence-electron chi connectivity index (χ0n) is 13.2. The average molecular weight is 331 g/mol. The molecule has 122 valence electrons. The molecule has 0 unspecified atom stereocenters. The summed E-state index contributed by atoms with van der Waals surface area (Å²) >= 11 is 1.59. The lowest BCUT2D eigenvalue weighted by atomic mass is 10.1. The molecule has 0 atom stereocenters. The van der Waals surface area contributed by atoms with Crippen molar-refractivity contribution >= 4 is 17.2 Å². The second kappa shape index (κ2) is 7.68. The number of amides is 1. The Morgan fingerprint density at radius 3 is 2.78 bits per heavy atom. The van der Waals surface area contributed by atoms with Crippen LogP contribution in [0, 0.1) is 6.92 Å². The van der Waals surface area contributed by atoms with Crippen molar-refractivity contribution in [2.45, 2.75) is 20.0 Å². The molecule has 6 heteroatoms. The highest BCUT2D eigenvalue weighted by molar-refractivity contribution is 7.09. The smallest absolute Gasteiger partial charge is 0.251 e. The predicted octanol–water partition coefficient (Wildman–Crippen LogP) is 2.21. The van der Waals surface area contributed by atoms with Gasteiger partial charge in [-0.25, -0.2) is 4.98 Å². The summed E-state index contributed by atoms with van der Waals surface area (Å²) < 4.78 is 5.35. The second-order valence-corrected chi connectivity index (χ2v) is 6.61. The molecule has 1 N–H and O–H groups in total. The third-order valence-corrected chi connectivity index (χ3v) is 4.70. The van der Waals surface area contributed by atoms with Gasteiger partial charge in [0.05, 0.1) is 25.5 Å². The lowest BCUT2D eigenvalue weighted by Gasteiger charge is -2.25. The third kappa shape index (κ3) is 4.60. The number of nitrogens with one attached hydrogen (secondary N) is 1. The molecule has 2 heterocycles. The van der Waals surface area contributed by atoms with E-state index < -0.39 is 0 Å². The van der Waals surface area contributed by atoms with Crippen LogP contribution >= 0.6 is 11.3 Å². The number of benzene rings is 1. The van der Waals surface area contributed by atoms with Gasteiger partial charge in [-0.15, -0.1) is 11.3 Å². The summed E-state index contributed by atoms with van der Waals surface area (Å²) in [4.78, 5) is 19.0. The van der Waals surface area contributed by atoms with Crippen LogP contribution in [0.2, 0.25) is 0 Å². The summed E-state index contributed by atoms with van der Waals surface area (Å²) in [5.41, 5.74) is 2.89. The number of carbonyl (C=O) groups is 1. The molecule has 0 spiro atoms. The third-order valence-electron chi connectivity index (χ3n) is 3.80. The van der Waals surface area contributed by atoms with Gasteiger partial charge in [-0.3, -0.25) is 9.69 Å². The van der Waals surface area contributed by atoms with Crippen molar-refractivity contribution in [3.8, 4) is 0 Å². The zero-order valence-corrected chi connectivity index (χ0v) is 14.1. The maximum absolute atomic E-state index is 12.1. The van der Waals surface area contributed by atoms with Crippen molar-refractivity contribution in [2.75, 3.05) is 26.3 Å². The minimum atomic E-state index is -0.0603. The maximum atomic E-state index is 12.1. The molecule has 23 heavy (non-hydrogen) atoms. The first-order valence-corrected chi connectivity index (χ1v) is 8.67. The Labute approximate surface area is 140 Å². The first-order chi connectivity index (χ1) is 11.2. The lowest BCUT2D eigenvalue weighted by molar-refractivity contribution is 0.0337. The molecule has 1 saturated heterocycles. The van der Waals surface area contributed by atoms with Crippen LogP contribution in [0.15, 0.2) is 29.6 Å². The minimum absolute atomic E-state index is 0.0603. The number of thiazole rings is 1. The Kier molecular flexibility index (Phi) is 5.38. The van der Waals surface area contributed by atoms with E-state index in [4.69, 9.17) is 4.74 Å². The molecular weight excluding hydrogens is 310 g/mol. The largest absolute Gasteiger partial charge is 0.379 e. The van der Waals surface area contributed by atoms with Crippen LogP contribution in [-0.4, -0.2) is 42.1 Å². The molecule has 5 nitrogen and oxygen atoms in total. The fourth-order valence-corrected chi connectivity index (χ4v) is 3.18. The van der Waals surface area contributed by atoms with Crippen LogP contribution < -0.4 is 5.32 Å². The van der Waals surface area contributed by atoms with Gasteiger partial charge in [0.25, 0.3) is 5.91 Å². The fourth-order valence-electron chi connectivity index (χ4n) is 2.45. The lowest BCUT2D eigenvalue weighted by Crippen LogP contribution is -2.35. The van der Waals surface area contributed by atoms with Crippen LogP contribution in [-0.2, 0) is 17.8 Å². The highest BCUT2D eigenvalue weighted by Gasteiger charge is 2.13. The van der Waals surface area contributed by atoms with Gasteiger partial charge in [0.15, 0.2) is 0 Å². The van der Waals surface area contributed by atoms with Gasteiger partial charge in [-0.2, -0.15) is 0 Å². The first-order valence-electron chi connectivity index (χ1n) is 7.79. The van der Waals surface area contributed by atoms with Gasteiger partial charge in [-0.1, -0.05) is 17.7 Å². The van der Waals surface area contributed by atoms with Gasteiger partial charge < -0.3 is 10.1 Å². The summed E-state index contributed by atoms with van der Waals surface area (Å²) in [7, 11) is 0.